The van der Waals surface area contributed by atoms with E-state index >= 15 is 0 Å². The summed E-state index contributed by atoms with van der Waals surface area (Å²) in [5, 5.41) is 0. The van der Waals surface area contributed by atoms with Crippen LogP contribution in [0.25, 0.3) is 0 Å². The van der Waals surface area contributed by atoms with E-state index < -0.39 is 0 Å². The number of aromatic amines is 1. The van der Waals surface area contributed by atoms with E-state index in [1.165, 1.54) is 13.4 Å². The summed E-state index contributed by atoms with van der Waals surface area (Å²) in [6.45, 7) is 1.98. The van der Waals surface area contributed by atoms with Gasteiger partial charge in [-0.15, -0.1) is 0 Å². The molecule has 0 bridgehead atoms. The first-order chi connectivity index (χ1) is 8.20. The lowest BCUT2D eigenvalue weighted by atomic mass is 10.2. The highest BCUT2D eigenvalue weighted by molar-refractivity contribution is 5.35. The molecule has 1 aromatic heterocycles. The van der Waals surface area contributed by atoms with E-state index in [0.29, 0.717) is 5.75 Å². The molecule has 0 aliphatic rings. The second kappa shape index (κ2) is 4.69. The molecule has 1 N–H and O–H groups in total. The van der Waals surface area contributed by atoms with Gasteiger partial charge in [0.1, 0.15) is 5.75 Å². The van der Waals surface area contributed by atoms with E-state index in [4.69, 9.17) is 9.47 Å². The highest BCUT2D eigenvalue weighted by atomic mass is 16.5. The summed E-state index contributed by atoms with van der Waals surface area (Å²) in [4.78, 5) is 17.8. The summed E-state index contributed by atoms with van der Waals surface area (Å²) in [5.41, 5.74) is 0.757. The third-order valence-corrected chi connectivity index (χ3v) is 2.22. The van der Waals surface area contributed by atoms with Crippen molar-refractivity contribution < 1.29 is 9.47 Å². The lowest BCUT2D eigenvalue weighted by Crippen LogP contribution is -2.10. The normalized spacial score (nSPS) is 10.0. The Balaban J connectivity index is 2.33. The second-order valence-corrected chi connectivity index (χ2v) is 3.49. The highest BCUT2D eigenvalue weighted by Crippen LogP contribution is 2.25. The van der Waals surface area contributed by atoms with Gasteiger partial charge < -0.3 is 14.5 Å². The van der Waals surface area contributed by atoms with Crippen molar-refractivity contribution in [2.24, 2.45) is 0 Å². The fraction of sp³-hybridized carbons (Fsp3) is 0.167. The summed E-state index contributed by atoms with van der Waals surface area (Å²) < 4.78 is 10.4. The molecule has 17 heavy (non-hydrogen) atoms. The number of benzene rings is 1. The topological polar surface area (TPSA) is 64.2 Å². The maximum absolute atomic E-state index is 11.4. The van der Waals surface area contributed by atoms with Crippen molar-refractivity contribution in [3.05, 3.63) is 46.5 Å². The molecule has 5 heteroatoms. The van der Waals surface area contributed by atoms with E-state index in [1.807, 2.05) is 19.1 Å². The lowest BCUT2D eigenvalue weighted by molar-refractivity contribution is 0.363. The molecule has 0 unspecified atom stereocenters. The van der Waals surface area contributed by atoms with E-state index in [9.17, 15) is 4.79 Å². The standard InChI is InChI=1S/C12H12N2O3/c1-8-3-5-9(6-4-8)17-12-10(16-2)11(15)13-7-14-12/h3-7H,1-2H3,(H,13,14,15). The zero-order valence-corrected chi connectivity index (χ0v) is 9.56. The smallest absolute Gasteiger partial charge is 0.297 e. The molecule has 0 fully saturated rings. The van der Waals surface area contributed by atoms with E-state index in [0.717, 1.165) is 5.56 Å². The molecule has 0 saturated heterocycles. The molecule has 0 radical (unpaired) electrons. The molecule has 1 heterocycles. The minimum atomic E-state index is -0.371. The van der Waals surface area contributed by atoms with Crippen LogP contribution in [0.15, 0.2) is 35.4 Å². The van der Waals surface area contributed by atoms with Gasteiger partial charge in [0.2, 0.25) is 5.75 Å². The van der Waals surface area contributed by atoms with Crippen molar-refractivity contribution in [3.63, 3.8) is 0 Å². The van der Waals surface area contributed by atoms with Gasteiger partial charge in [-0.2, -0.15) is 0 Å². The van der Waals surface area contributed by atoms with Crippen LogP contribution in [0.4, 0.5) is 0 Å². The van der Waals surface area contributed by atoms with Gasteiger partial charge in [-0.1, -0.05) is 17.7 Å². The zero-order valence-electron chi connectivity index (χ0n) is 9.56. The van der Waals surface area contributed by atoms with E-state index in [2.05, 4.69) is 9.97 Å². The SMILES string of the molecule is COc1c(Oc2ccc(C)cc2)nc[nH]c1=O. The Morgan fingerprint density at radius 2 is 1.94 bits per heavy atom. The molecule has 1 aromatic carbocycles. The van der Waals surface area contributed by atoms with E-state index in [-0.39, 0.29) is 17.2 Å². The van der Waals surface area contributed by atoms with E-state index in [1.54, 1.807) is 12.1 Å². The molecule has 0 saturated carbocycles. The number of hydrogen-bond acceptors (Lipinski definition) is 4. The van der Waals surface area contributed by atoms with Crippen LogP contribution >= 0.6 is 0 Å². The summed E-state index contributed by atoms with van der Waals surface area (Å²) in [7, 11) is 1.40. The van der Waals surface area contributed by atoms with Crippen molar-refractivity contribution in [1.29, 1.82) is 0 Å². The van der Waals surface area contributed by atoms with Crippen molar-refractivity contribution in [2.75, 3.05) is 7.11 Å². The Morgan fingerprint density at radius 3 is 2.59 bits per heavy atom. The molecule has 0 amide bonds. The number of hydrogen-bond donors (Lipinski definition) is 1. The zero-order chi connectivity index (χ0) is 12.3. The van der Waals surface area contributed by atoms with Gasteiger partial charge in [0, 0.05) is 0 Å². The van der Waals surface area contributed by atoms with Crippen LogP contribution in [0.2, 0.25) is 0 Å². The highest BCUT2D eigenvalue weighted by Gasteiger charge is 2.10. The number of ether oxygens (including phenoxy) is 2. The minimum Gasteiger partial charge on any atom is -0.487 e. The Labute approximate surface area is 98.0 Å². The molecular formula is C12H12N2O3. The summed E-state index contributed by atoms with van der Waals surface area (Å²) in [6, 6.07) is 7.43. The van der Waals surface area contributed by atoms with Gasteiger partial charge in [-0.05, 0) is 19.1 Å². The first kappa shape index (κ1) is 11.2. The average Bonchev–Trinajstić information content (AvgIpc) is 2.32. The number of H-pyrrole nitrogens is 1. The van der Waals surface area contributed by atoms with Crippen LogP contribution in [0.3, 0.4) is 0 Å². The Bertz CT molecular complexity index is 561. The maximum Gasteiger partial charge on any atom is 0.297 e. The molecular weight excluding hydrogens is 220 g/mol. The van der Waals surface area contributed by atoms with Crippen LogP contribution in [-0.2, 0) is 0 Å². The summed E-state index contributed by atoms with van der Waals surface area (Å²) in [5.74, 6) is 0.820. The molecule has 88 valence electrons. The quantitative estimate of drug-likeness (QED) is 0.877. The second-order valence-electron chi connectivity index (χ2n) is 3.49. The number of methoxy groups -OCH3 is 1. The summed E-state index contributed by atoms with van der Waals surface area (Å²) >= 11 is 0. The van der Waals surface area contributed by atoms with Crippen molar-refractivity contribution in [2.45, 2.75) is 6.92 Å². The predicted octanol–water partition coefficient (Wildman–Crippen LogP) is 1.88. The van der Waals surface area contributed by atoms with Gasteiger partial charge >= 0.3 is 0 Å². The number of aryl methyl sites for hydroxylation is 1. The van der Waals surface area contributed by atoms with Crippen LogP contribution in [0, 0.1) is 6.92 Å². The first-order valence-electron chi connectivity index (χ1n) is 5.07. The predicted molar refractivity (Wildman–Crippen MR) is 62.7 cm³/mol. The van der Waals surface area contributed by atoms with Gasteiger partial charge in [0.25, 0.3) is 11.4 Å². The maximum atomic E-state index is 11.4. The average molecular weight is 232 g/mol. The summed E-state index contributed by atoms with van der Waals surface area (Å²) in [6.07, 6.45) is 1.27. The molecule has 0 aliphatic carbocycles. The van der Waals surface area contributed by atoms with Gasteiger partial charge in [0.05, 0.1) is 13.4 Å². The number of rotatable bonds is 3. The van der Waals surface area contributed by atoms with Gasteiger partial charge in [-0.3, -0.25) is 4.79 Å². The van der Waals surface area contributed by atoms with Crippen LogP contribution in [0.5, 0.6) is 17.4 Å². The fourth-order valence-electron chi connectivity index (χ4n) is 1.34. The minimum absolute atomic E-state index is 0.0630. The number of nitrogens with one attached hydrogen (secondary N) is 1. The number of nitrogens with zero attached hydrogens (tertiary/aromatic N) is 1. The molecule has 0 spiro atoms. The van der Waals surface area contributed by atoms with Gasteiger partial charge in [-0.25, -0.2) is 4.98 Å². The molecule has 5 nitrogen and oxygen atoms in total. The molecule has 2 rings (SSSR count). The van der Waals surface area contributed by atoms with Crippen molar-refractivity contribution in [3.8, 4) is 17.4 Å². The lowest BCUT2D eigenvalue weighted by Gasteiger charge is -2.07. The largest absolute Gasteiger partial charge is 0.487 e. The fourth-order valence-corrected chi connectivity index (χ4v) is 1.34. The van der Waals surface area contributed by atoms with Crippen LogP contribution in [-0.4, -0.2) is 17.1 Å². The monoisotopic (exact) mass is 232 g/mol. The molecule has 2 aromatic rings. The third kappa shape index (κ3) is 2.44. The molecule has 0 aliphatic heterocycles. The first-order valence-corrected chi connectivity index (χ1v) is 5.07. The number of aromatic nitrogens is 2. The van der Waals surface area contributed by atoms with Crippen LogP contribution in [0.1, 0.15) is 5.56 Å². The molecule has 0 atom stereocenters. The van der Waals surface area contributed by atoms with Crippen molar-refractivity contribution in [1.82, 2.24) is 9.97 Å². The Morgan fingerprint density at radius 1 is 1.24 bits per heavy atom. The van der Waals surface area contributed by atoms with Crippen molar-refractivity contribution >= 4 is 0 Å². The Hall–Kier alpha value is -2.30. The third-order valence-electron chi connectivity index (χ3n) is 2.22. The Kier molecular flexibility index (Phi) is 3.09. The van der Waals surface area contributed by atoms with Crippen LogP contribution < -0.4 is 15.0 Å². The van der Waals surface area contributed by atoms with Gasteiger partial charge in [0.15, 0.2) is 0 Å².